The lowest BCUT2D eigenvalue weighted by Gasteiger charge is -1.98. The van der Waals surface area contributed by atoms with Crippen molar-refractivity contribution in [3.63, 3.8) is 0 Å². The predicted octanol–water partition coefficient (Wildman–Crippen LogP) is 1.90. The average Bonchev–Trinajstić information content (AvgIpc) is 2.15. The van der Waals surface area contributed by atoms with Crippen molar-refractivity contribution < 1.29 is 0 Å². The standard InChI is InChI=1S/C10H10N2/c11-8-4-7-10(12)9-5-2-1-3-6-9/h1-3,5-7H,4,12H2/b10-7+. The molecule has 1 rings (SSSR count). The van der Waals surface area contributed by atoms with Crippen LogP contribution < -0.4 is 5.73 Å². The molecule has 0 unspecified atom stereocenters. The first-order valence-corrected chi connectivity index (χ1v) is 3.72. The van der Waals surface area contributed by atoms with Crippen molar-refractivity contribution in [1.29, 1.82) is 5.26 Å². The Hall–Kier alpha value is -1.75. The van der Waals surface area contributed by atoms with E-state index in [1.807, 2.05) is 36.4 Å². The second kappa shape index (κ2) is 4.20. The summed E-state index contributed by atoms with van der Waals surface area (Å²) >= 11 is 0. The molecule has 0 atom stereocenters. The van der Waals surface area contributed by atoms with Crippen LogP contribution in [-0.2, 0) is 0 Å². The molecule has 0 fully saturated rings. The lowest BCUT2D eigenvalue weighted by atomic mass is 10.1. The Morgan fingerprint density at radius 1 is 1.42 bits per heavy atom. The van der Waals surface area contributed by atoms with Crippen molar-refractivity contribution >= 4 is 5.70 Å². The fourth-order valence-electron chi connectivity index (χ4n) is 0.904. The van der Waals surface area contributed by atoms with Gasteiger partial charge >= 0.3 is 0 Å². The molecule has 0 heterocycles. The Morgan fingerprint density at radius 3 is 2.67 bits per heavy atom. The Morgan fingerprint density at radius 2 is 2.08 bits per heavy atom. The van der Waals surface area contributed by atoms with E-state index in [1.54, 1.807) is 6.08 Å². The van der Waals surface area contributed by atoms with Crippen LogP contribution in [0.4, 0.5) is 0 Å². The van der Waals surface area contributed by atoms with E-state index in [2.05, 4.69) is 0 Å². The Kier molecular flexibility index (Phi) is 2.92. The molecule has 60 valence electrons. The number of benzene rings is 1. The molecular weight excluding hydrogens is 148 g/mol. The number of hydrogen-bond acceptors (Lipinski definition) is 2. The summed E-state index contributed by atoms with van der Waals surface area (Å²) in [5.41, 5.74) is 7.32. The van der Waals surface area contributed by atoms with Gasteiger partial charge in [0.2, 0.25) is 0 Å². The van der Waals surface area contributed by atoms with Crippen molar-refractivity contribution in [3.8, 4) is 6.07 Å². The SMILES string of the molecule is N#CC/C=C(/N)c1ccccc1. The van der Waals surface area contributed by atoms with E-state index in [9.17, 15) is 0 Å². The first kappa shape index (κ1) is 8.35. The lowest BCUT2D eigenvalue weighted by molar-refractivity contribution is 1.34. The minimum Gasteiger partial charge on any atom is -0.398 e. The molecule has 1 aromatic rings. The normalized spacial score (nSPS) is 10.8. The summed E-state index contributed by atoms with van der Waals surface area (Å²) in [6.45, 7) is 0. The number of allylic oxidation sites excluding steroid dienone is 1. The summed E-state index contributed by atoms with van der Waals surface area (Å²) in [4.78, 5) is 0. The number of rotatable bonds is 2. The van der Waals surface area contributed by atoms with Crippen molar-refractivity contribution in [2.75, 3.05) is 0 Å². The summed E-state index contributed by atoms with van der Waals surface area (Å²) in [6.07, 6.45) is 2.08. The highest BCUT2D eigenvalue weighted by Crippen LogP contribution is 2.07. The van der Waals surface area contributed by atoms with Gasteiger partial charge in [-0.05, 0) is 11.6 Å². The van der Waals surface area contributed by atoms with Gasteiger partial charge in [-0.2, -0.15) is 5.26 Å². The molecule has 1 aromatic carbocycles. The molecule has 0 spiro atoms. The van der Waals surface area contributed by atoms with Crippen molar-refractivity contribution in [2.45, 2.75) is 6.42 Å². The van der Waals surface area contributed by atoms with Crippen molar-refractivity contribution in [1.82, 2.24) is 0 Å². The second-order valence-corrected chi connectivity index (χ2v) is 2.39. The summed E-state index contributed by atoms with van der Waals surface area (Å²) in [7, 11) is 0. The van der Waals surface area contributed by atoms with E-state index in [4.69, 9.17) is 11.0 Å². The van der Waals surface area contributed by atoms with Gasteiger partial charge in [-0.1, -0.05) is 30.3 Å². The third kappa shape index (κ3) is 2.14. The highest BCUT2D eigenvalue weighted by atomic mass is 14.6. The van der Waals surface area contributed by atoms with Gasteiger partial charge in [0.1, 0.15) is 0 Å². The van der Waals surface area contributed by atoms with Crippen LogP contribution in [0.2, 0.25) is 0 Å². The predicted molar refractivity (Wildman–Crippen MR) is 48.8 cm³/mol. The Labute approximate surface area is 71.9 Å². The van der Waals surface area contributed by atoms with Gasteiger partial charge in [0.25, 0.3) is 0 Å². The maximum Gasteiger partial charge on any atom is 0.0664 e. The number of hydrogen-bond donors (Lipinski definition) is 1. The summed E-state index contributed by atoms with van der Waals surface area (Å²) in [6, 6.07) is 11.6. The fourth-order valence-corrected chi connectivity index (χ4v) is 0.904. The van der Waals surface area contributed by atoms with Crippen LogP contribution >= 0.6 is 0 Å². The Bertz CT molecular complexity index is 306. The quantitative estimate of drug-likeness (QED) is 0.714. The van der Waals surface area contributed by atoms with E-state index < -0.39 is 0 Å². The summed E-state index contributed by atoms with van der Waals surface area (Å²) in [5.74, 6) is 0. The maximum absolute atomic E-state index is 8.31. The van der Waals surface area contributed by atoms with Crippen LogP contribution in [0, 0.1) is 11.3 Å². The van der Waals surface area contributed by atoms with Crippen LogP contribution in [0.15, 0.2) is 36.4 Å². The van der Waals surface area contributed by atoms with Gasteiger partial charge in [-0.3, -0.25) is 0 Å². The van der Waals surface area contributed by atoms with Crippen LogP contribution in [0.1, 0.15) is 12.0 Å². The first-order valence-electron chi connectivity index (χ1n) is 3.72. The monoisotopic (exact) mass is 158 g/mol. The van der Waals surface area contributed by atoms with Crippen LogP contribution in [0.3, 0.4) is 0 Å². The van der Waals surface area contributed by atoms with Gasteiger partial charge in [0, 0.05) is 5.70 Å². The second-order valence-electron chi connectivity index (χ2n) is 2.39. The van der Waals surface area contributed by atoms with Gasteiger partial charge in [0.05, 0.1) is 12.5 Å². The van der Waals surface area contributed by atoms with Crippen LogP contribution in [0.5, 0.6) is 0 Å². The van der Waals surface area contributed by atoms with E-state index in [0.29, 0.717) is 12.1 Å². The molecule has 12 heavy (non-hydrogen) atoms. The van der Waals surface area contributed by atoms with E-state index in [1.165, 1.54) is 0 Å². The largest absolute Gasteiger partial charge is 0.398 e. The summed E-state index contributed by atoms with van der Waals surface area (Å²) in [5, 5.41) is 8.31. The highest BCUT2D eigenvalue weighted by Gasteiger charge is 1.92. The molecule has 2 heteroatoms. The smallest absolute Gasteiger partial charge is 0.0664 e. The molecule has 2 nitrogen and oxygen atoms in total. The maximum atomic E-state index is 8.31. The molecule has 0 aromatic heterocycles. The third-order valence-electron chi connectivity index (χ3n) is 1.52. The average molecular weight is 158 g/mol. The molecule has 0 radical (unpaired) electrons. The van der Waals surface area contributed by atoms with Gasteiger partial charge in [0.15, 0.2) is 0 Å². The van der Waals surface area contributed by atoms with Crippen LogP contribution in [0.25, 0.3) is 5.70 Å². The minimum absolute atomic E-state index is 0.362. The molecule has 2 N–H and O–H groups in total. The molecule has 0 bridgehead atoms. The molecule has 0 saturated carbocycles. The zero-order chi connectivity index (χ0) is 8.81. The van der Waals surface area contributed by atoms with E-state index in [-0.39, 0.29) is 0 Å². The molecule has 0 amide bonds. The molecule has 0 aliphatic carbocycles. The first-order chi connectivity index (χ1) is 5.84. The zero-order valence-corrected chi connectivity index (χ0v) is 6.70. The van der Waals surface area contributed by atoms with Gasteiger partial charge in [-0.25, -0.2) is 0 Å². The van der Waals surface area contributed by atoms with Gasteiger partial charge < -0.3 is 5.73 Å². The number of nitrogens with zero attached hydrogens (tertiary/aromatic N) is 1. The van der Waals surface area contributed by atoms with Crippen LogP contribution in [-0.4, -0.2) is 0 Å². The van der Waals surface area contributed by atoms with Crippen molar-refractivity contribution in [3.05, 3.63) is 42.0 Å². The fraction of sp³-hybridized carbons (Fsp3) is 0.100. The highest BCUT2D eigenvalue weighted by molar-refractivity contribution is 5.62. The molecule has 0 aliphatic heterocycles. The van der Waals surface area contributed by atoms with Crippen molar-refractivity contribution in [2.24, 2.45) is 5.73 Å². The Balaban J connectivity index is 2.79. The lowest BCUT2D eigenvalue weighted by Crippen LogP contribution is -1.94. The molecular formula is C10H10N2. The molecule has 0 aliphatic rings. The summed E-state index contributed by atoms with van der Waals surface area (Å²) < 4.78 is 0. The van der Waals surface area contributed by atoms with E-state index >= 15 is 0 Å². The number of nitriles is 1. The minimum atomic E-state index is 0.362. The topological polar surface area (TPSA) is 49.8 Å². The zero-order valence-electron chi connectivity index (χ0n) is 6.70. The number of nitrogens with two attached hydrogens (primary N) is 1. The van der Waals surface area contributed by atoms with E-state index in [0.717, 1.165) is 5.56 Å². The van der Waals surface area contributed by atoms with Gasteiger partial charge in [-0.15, -0.1) is 0 Å². The third-order valence-corrected chi connectivity index (χ3v) is 1.52. The molecule has 0 saturated heterocycles.